The molecule has 2 heterocycles. The lowest BCUT2D eigenvalue weighted by Gasteiger charge is -2.29. The van der Waals surface area contributed by atoms with Gasteiger partial charge in [-0.05, 0) is 48.7 Å². The first kappa shape index (κ1) is 30.1. The van der Waals surface area contributed by atoms with Gasteiger partial charge in [0.2, 0.25) is 0 Å². The zero-order valence-electron chi connectivity index (χ0n) is 24.7. The van der Waals surface area contributed by atoms with Gasteiger partial charge >= 0.3 is 0 Å². The average molecular weight is 587 g/mol. The Morgan fingerprint density at radius 3 is 2.47 bits per heavy atom. The highest BCUT2D eigenvalue weighted by atomic mass is 16.5. The highest BCUT2D eigenvalue weighted by Crippen LogP contribution is 2.42. The zero-order valence-corrected chi connectivity index (χ0v) is 24.7. The van der Waals surface area contributed by atoms with Crippen LogP contribution in [-0.2, 0) is 20.9 Å². The van der Waals surface area contributed by atoms with Crippen LogP contribution in [0.15, 0.2) is 78.4 Å². The number of carbonyl (C=O) groups is 2. The van der Waals surface area contributed by atoms with Crippen molar-refractivity contribution in [2.24, 2.45) is 0 Å². The van der Waals surface area contributed by atoms with E-state index in [1.807, 2.05) is 43.3 Å². The molecule has 9 heteroatoms. The number of aliphatic hydroxyl groups is 1. The number of amides is 1. The lowest BCUT2D eigenvalue weighted by atomic mass is 9.95. The molecule has 1 N–H and O–H groups in total. The van der Waals surface area contributed by atoms with Crippen molar-refractivity contribution in [2.75, 3.05) is 53.1 Å². The molecule has 2 aliphatic rings. The van der Waals surface area contributed by atoms with Crippen LogP contribution in [-0.4, -0.2) is 79.7 Å². The molecule has 0 spiro atoms. The van der Waals surface area contributed by atoms with Crippen LogP contribution < -0.4 is 14.2 Å². The number of hydrogen-bond acceptors (Lipinski definition) is 8. The predicted octanol–water partition coefficient (Wildman–Crippen LogP) is 4.82. The summed E-state index contributed by atoms with van der Waals surface area (Å²) in [4.78, 5) is 30.9. The van der Waals surface area contributed by atoms with Crippen molar-refractivity contribution in [3.8, 4) is 17.2 Å². The van der Waals surface area contributed by atoms with E-state index in [-0.39, 0.29) is 11.3 Å². The number of hydrogen-bond donors (Lipinski definition) is 1. The molecular formula is C34H38N2O7. The summed E-state index contributed by atoms with van der Waals surface area (Å²) in [7, 11) is 1.55. The SMILES string of the molecule is CCOc1cccc(C(O)=C2C(=O)C(=O)N(CCCN3CCOCC3)C2c2ccc(OCc3ccccc3)c(OC)c2)c1. The topological polar surface area (TPSA) is 97.8 Å². The normalized spacial score (nSPS) is 18.6. The molecule has 3 aromatic rings. The van der Waals surface area contributed by atoms with Gasteiger partial charge in [-0.3, -0.25) is 14.5 Å². The highest BCUT2D eigenvalue weighted by Gasteiger charge is 2.46. The molecule has 2 fully saturated rings. The van der Waals surface area contributed by atoms with E-state index in [1.165, 1.54) is 0 Å². The van der Waals surface area contributed by atoms with E-state index in [2.05, 4.69) is 4.90 Å². The lowest BCUT2D eigenvalue weighted by Crippen LogP contribution is -2.39. The van der Waals surface area contributed by atoms with E-state index in [0.717, 1.165) is 25.2 Å². The summed E-state index contributed by atoms with van der Waals surface area (Å²) in [5.41, 5.74) is 2.08. The summed E-state index contributed by atoms with van der Waals surface area (Å²) in [6.07, 6.45) is 0.665. The third-order valence-electron chi connectivity index (χ3n) is 7.68. The number of benzene rings is 3. The van der Waals surface area contributed by atoms with Crippen LogP contribution in [0.25, 0.3) is 5.76 Å². The second-order valence-corrected chi connectivity index (χ2v) is 10.4. The molecule has 1 amide bonds. The fourth-order valence-electron chi connectivity index (χ4n) is 5.51. The third kappa shape index (κ3) is 7.01. The van der Waals surface area contributed by atoms with E-state index < -0.39 is 17.7 Å². The summed E-state index contributed by atoms with van der Waals surface area (Å²) in [6, 6.07) is 21.3. The van der Waals surface area contributed by atoms with Gasteiger partial charge < -0.3 is 29.0 Å². The van der Waals surface area contributed by atoms with Crippen molar-refractivity contribution in [3.05, 3.63) is 95.1 Å². The van der Waals surface area contributed by atoms with Gasteiger partial charge in [0.25, 0.3) is 11.7 Å². The number of ketones is 1. The Morgan fingerprint density at radius 2 is 1.72 bits per heavy atom. The first-order valence-corrected chi connectivity index (χ1v) is 14.7. The smallest absolute Gasteiger partial charge is 0.295 e. The quantitative estimate of drug-likeness (QED) is 0.183. The monoisotopic (exact) mass is 586 g/mol. The minimum Gasteiger partial charge on any atom is -0.507 e. The summed E-state index contributed by atoms with van der Waals surface area (Å²) in [6.45, 7) is 6.83. The third-order valence-corrected chi connectivity index (χ3v) is 7.68. The molecule has 0 radical (unpaired) electrons. The summed E-state index contributed by atoms with van der Waals surface area (Å²) in [5, 5.41) is 11.5. The number of morpholine rings is 1. The van der Waals surface area contributed by atoms with Crippen LogP contribution in [0.5, 0.6) is 17.2 Å². The number of aliphatic hydroxyl groups excluding tert-OH is 1. The number of Topliss-reactive ketones (excluding diaryl/α,β-unsaturated/α-hetero) is 1. The second-order valence-electron chi connectivity index (χ2n) is 10.4. The second kappa shape index (κ2) is 14.2. The fraction of sp³-hybridized carbons (Fsp3) is 0.353. The van der Waals surface area contributed by atoms with Crippen molar-refractivity contribution >= 4 is 17.4 Å². The number of ether oxygens (including phenoxy) is 4. The Bertz CT molecular complexity index is 1450. The van der Waals surface area contributed by atoms with Crippen molar-refractivity contribution in [1.82, 2.24) is 9.80 Å². The summed E-state index contributed by atoms with van der Waals surface area (Å²) in [5.74, 6) is -0.0558. The number of carbonyl (C=O) groups excluding carboxylic acids is 2. The van der Waals surface area contributed by atoms with E-state index in [1.54, 1.807) is 48.4 Å². The van der Waals surface area contributed by atoms with Gasteiger partial charge in [-0.2, -0.15) is 0 Å². The van der Waals surface area contributed by atoms with Crippen molar-refractivity contribution in [2.45, 2.75) is 26.0 Å². The maximum absolute atomic E-state index is 13.5. The fourth-order valence-corrected chi connectivity index (χ4v) is 5.51. The minimum absolute atomic E-state index is 0.0324. The number of methoxy groups -OCH3 is 1. The molecule has 3 aromatic carbocycles. The molecule has 2 aliphatic heterocycles. The van der Waals surface area contributed by atoms with Gasteiger partial charge in [-0.1, -0.05) is 48.5 Å². The van der Waals surface area contributed by atoms with Gasteiger partial charge in [-0.15, -0.1) is 0 Å². The van der Waals surface area contributed by atoms with Crippen LogP contribution in [0.1, 0.15) is 36.1 Å². The molecule has 5 rings (SSSR count). The van der Waals surface area contributed by atoms with Crippen LogP contribution in [0.2, 0.25) is 0 Å². The lowest BCUT2D eigenvalue weighted by molar-refractivity contribution is -0.140. The van der Waals surface area contributed by atoms with Gasteiger partial charge in [-0.25, -0.2) is 0 Å². The average Bonchev–Trinajstić information content (AvgIpc) is 3.29. The largest absolute Gasteiger partial charge is 0.507 e. The predicted molar refractivity (Wildman–Crippen MR) is 162 cm³/mol. The summed E-state index contributed by atoms with van der Waals surface area (Å²) < 4.78 is 22.8. The standard InChI is InChI=1S/C34H38N2O7/c1-3-42-27-12-7-11-26(21-27)32(37)30-31(36(34(39)33(30)38)16-8-15-35-17-19-41-20-18-35)25-13-14-28(29(22-25)40-2)43-23-24-9-5-4-6-10-24/h4-7,9-14,21-22,31,37H,3,8,15-20,23H2,1-2H3. The minimum atomic E-state index is -0.808. The van der Waals surface area contributed by atoms with Crippen LogP contribution >= 0.6 is 0 Å². The molecule has 1 atom stereocenters. The number of rotatable bonds is 12. The Balaban J connectivity index is 1.48. The molecular weight excluding hydrogens is 548 g/mol. The van der Waals surface area contributed by atoms with Gasteiger partial charge in [0, 0.05) is 31.7 Å². The van der Waals surface area contributed by atoms with Crippen LogP contribution in [0, 0.1) is 0 Å². The van der Waals surface area contributed by atoms with E-state index in [0.29, 0.717) is 67.8 Å². The zero-order chi connectivity index (χ0) is 30.2. The van der Waals surface area contributed by atoms with Crippen molar-refractivity contribution < 1.29 is 33.6 Å². The Hall–Kier alpha value is -4.34. The van der Waals surface area contributed by atoms with Gasteiger partial charge in [0.15, 0.2) is 11.5 Å². The Kier molecular flexibility index (Phi) is 9.96. The first-order chi connectivity index (χ1) is 21.0. The number of nitrogens with zero attached hydrogens (tertiary/aromatic N) is 2. The van der Waals surface area contributed by atoms with Gasteiger partial charge in [0.1, 0.15) is 18.1 Å². The molecule has 43 heavy (non-hydrogen) atoms. The molecule has 1 unspecified atom stereocenters. The molecule has 0 saturated carbocycles. The molecule has 0 bridgehead atoms. The van der Waals surface area contributed by atoms with Crippen molar-refractivity contribution in [3.63, 3.8) is 0 Å². The Labute approximate surface area is 252 Å². The highest BCUT2D eigenvalue weighted by molar-refractivity contribution is 6.46. The van der Waals surface area contributed by atoms with Crippen LogP contribution in [0.4, 0.5) is 0 Å². The summed E-state index contributed by atoms with van der Waals surface area (Å²) >= 11 is 0. The Morgan fingerprint density at radius 1 is 0.930 bits per heavy atom. The van der Waals surface area contributed by atoms with E-state index >= 15 is 0 Å². The number of likely N-dealkylation sites (tertiary alicyclic amines) is 1. The molecule has 0 aliphatic carbocycles. The van der Waals surface area contributed by atoms with E-state index in [9.17, 15) is 14.7 Å². The van der Waals surface area contributed by atoms with Crippen LogP contribution in [0.3, 0.4) is 0 Å². The van der Waals surface area contributed by atoms with E-state index in [4.69, 9.17) is 18.9 Å². The molecule has 9 nitrogen and oxygen atoms in total. The maximum atomic E-state index is 13.5. The molecule has 2 saturated heterocycles. The molecule has 0 aromatic heterocycles. The molecule has 226 valence electrons. The van der Waals surface area contributed by atoms with Gasteiger partial charge in [0.05, 0.1) is 38.5 Å². The first-order valence-electron chi connectivity index (χ1n) is 14.7. The maximum Gasteiger partial charge on any atom is 0.295 e. The van der Waals surface area contributed by atoms with Crippen molar-refractivity contribution in [1.29, 1.82) is 0 Å².